The third-order valence-electron chi connectivity index (χ3n) is 1.90. The first-order chi connectivity index (χ1) is 7.25. The molecule has 0 bridgehead atoms. The molecule has 0 amide bonds. The van der Waals surface area contributed by atoms with E-state index in [-0.39, 0.29) is 17.7 Å². The van der Waals surface area contributed by atoms with Gasteiger partial charge in [-0.2, -0.15) is 22.0 Å². The van der Waals surface area contributed by atoms with E-state index in [2.05, 4.69) is 26.1 Å². The lowest BCUT2D eigenvalue weighted by molar-refractivity contribution is -0.293. The number of nitrogens with zero attached hydrogens (tertiary/aromatic N) is 3. The minimum absolute atomic E-state index is 0.0291. The highest BCUT2D eigenvalue weighted by molar-refractivity contribution is 9.08. The van der Waals surface area contributed by atoms with Gasteiger partial charge in [-0.1, -0.05) is 15.9 Å². The van der Waals surface area contributed by atoms with Crippen molar-refractivity contribution in [2.75, 3.05) is 0 Å². The molecule has 9 heteroatoms. The van der Waals surface area contributed by atoms with Gasteiger partial charge in [-0.3, -0.25) is 0 Å². The van der Waals surface area contributed by atoms with Crippen molar-refractivity contribution in [3.05, 3.63) is 11.6 Å². The Morgan fingerprint density at radius 2 is 1.75 bits per heavy atom. The normalized spacial score (nSPS) is 13.2. The van der Waals surface area contributed by atoms with Crippen molar-refractivity contribution in [2.24, 2.45) is 0 Å². The van der Waals surface area contributed by atoms with Crippen LogP contribution in [0, 0.1) is 0 Å². The standard InChI is InChI=1S/C7H7BrF5N3/c1-2-16-4(3-8)14-15-5(16)6(9,10)7(11,12)13/h2-3H2,1H3. The topological polar surface area (TPSA) is 30.7 Å². The summed E-state index contributed by atoms with van der Waals surface area (Å²) in [6, 6.07) is 0. The number of hydrogen-bond acceptors (Lipinski definition) is 2. The summed E-state index contributed by atoms with van der Waals surface area (Å²) < 4.78 is 63.0. The molecule has 0 fully saturated rings. The molecule has 0 spiro atoms. The summed E-state index contributed by atoms with van der Waals surface area (Å²) >= 11 is 2.93. The second kappa shape index (κ2) is 4.27. The summed E-state index contributed by atoms with van der Waals surface area (Å²) in [7, 11) is 0. The average molecular weight is 308 g/mol. The quantitative estimate of drug-likeness (QED) is 0.635. The SMILES string of the molecule is CCn1c(CBr)nnc1C(F)(F)C(F)(F)F. The van der Waals surface area contributed by atoms with Gasteiger partial charge in [-0.25, -0.2) is 0 Å². The summed E-state index contributed by atoms with van der Waals surface area (Å²) in [4.78, 5) is 0. The molecular weight excluding hydrogens is 301 g/mol. The first-order valence-corrected chi connectivity index (χ1v) is 5.30. The predicted octanol–water partition coefficient (Wildman–Crippen LogP) is 2.85. The molecule has 0 unspecified atom stereocenters. The van der Waals surface area contributed by atoms with Crippen molar-refractivity contribution in [3.63, 3.8) is 0 Å². The maximum absolute atomic E-state index is 13.0. The van der Waals surface area contributed by atoms with E-state index < -0.39 is 17.9 Å². The van der Waals surface area contributed by atoms with Crippen molar-refractivity contribution in [3.8, 4) is 0 Å². The van der Waals surface area contributed by atoms with Crippen LogP contribution in [0.5, 0.6) is 0 Å². The van der Waals surface area contributed by atoms with Gasteiger partial charge in [0.2, 0.25) is 5.82 Å². The van der Waals surface area contributed by atoms with Crippen molar-refractivity contribution >= 4 is 15.9 Å². The molecule has 16 heavy (non-hydrogen) atoms. The van der Waals surface area contributed by atoms with Crippen LogP contribution >= 0.6 is 15.9 Å². The van der Waals surface area contributed by atoms with Gasteiger partial charge in [0.25, 0.3) is 0 Å². The fourth-order valence-corrected chi connectivity index (χ4v) is 1.54. The molecule has 3 nitrogen and oxygen atoms in total. The number of aromatic nitrogens is 3. The Morgan fingerprint density at radius 1 is 1.19 bits per heavy atom. The summed E-state index contributed by atoms with van der Waals surface area (Å²) in [5.41, 5.74) is 0. The van der Waals surface area contributed by atoms with Crippen LogP contribution in [-0.4, -0.2) is 20.9 Å². The molecule has 0 aliphatic heterocycles. The van der Waals surface area contributed by atoms with Crippen LogP contribution in [0.2, 0.25) is 0 Å². The number of alkyl halides is 6. The number of rotatable bonds is 3. The maximum atomic E-state index is 13.0. The summed E-state index contributed by atoms with van der Waals surface area (Å²) in [5.74, 6) is -6.34. The molecular formula is C7H7BrF5N3. The van der Waals surface area contributed by atoms with Gasteiger partial charge in [-0.15, -0.1) is 10.2 Å². The molecule has 0 N–H and O–H groups in total. The molecule has 0 saturated carbocycles. The van der Waals surface area contributed by atoms with E-state index in [1.54, 1.807) is 0 Å². The van der Waals surface area contributed by atoms with E-state index in [4.69, 9.17) is 0 Å². The van der Waals surface area contributed by atoms with Crippen LogP contribution in [0.3, 0.4) is 0 Å². The molecule has 0 atom stereocenters. The zero-order valence-corrected chi connectivity index (χ0v) is 9.61. The van der Waals surface area contributed by atoms with E-state index in [0.29, 0.717) is 0 Å². The van der Waals surface area contributed by atoms with Crippen LogP contribution in [0.25, 0.3) is 0 Å². The summed E-state index contributed by atoms with van der Waals surface area (Å²) in [5, 5.41) is 6.24. The zero-order chi connectivity index (χ0) is 12.6. The largest absolute Gasteiger partial charge is 0.461 e. The average Bonchev–Trinajstić information content (AvgIpc) is 2.58. The second-order valence-corrected chi connectivity index (χ2v) is 3.45. The smallest absolute Gasteiger partial charge is 0.309 e. The van der Waals surface area contributed by atoms with Gasteiger partial charge in [0.1, 0.15) is 5.82 Å². The monoisotopic (exact) mass is 307 g/mol. The van der Waals surface area contributed by atoms with E-state index in [9.17, 15) is 22.0 Å². The van der Waals surface area contributed by atoms with Gasteiger partial charge in [0, 0.05) is 6.54 Å². The zero-order valence-electron chi connectivity index (χ0n) is 8.02. The Labute approximate surface area is 95.8 Å². The van der Waals surface area contributed by atoms with Gasteiger partial charge >= 0.3 is 12.1 Å². The van der Waals surface area contributed by atoms with Crippen molar-refractivity contribution in [2.45, 2.75) is 30.9 Å². The molecule has 0 radical (unpaired) electrons. The first-order valence-electron chi connectivity index (χ1n) is 4.18. The Balaban J connectivity index is 3.28. The highest BCUT2D eigenvalue weighted by Crippen LogP contribution is 2.43. The first kappa shape index (κ1) is 13.3. The number of halogens is 6. The van der Waals surface area contributed by atoms with E-state index in [1.165, 1.54) is 6.92 Å². The molecule has 1 aromatic rings. The predicted molar refractivity (Wildman–Crippen MR) is 48.3 cm³/mol. The van der Waals surface area contributed by atoms with E-state index in [1.807, 2.05) is 0 Å². The molecule has 0 aliphatic carbocycles. The minimum Gasteiger partial charge on any atom is -0.309 e. The van der Waals surface area contributed by atoms with Crippen LogP contribution in [0.15, 0.2) is 0 Å². The Kier molecular flexibility index (Phi) is 3.56. The van der Waals surface area contributed by atoms with Crippen molar-refractivity contribution in [1.29, 1.82) is 0 Å². The lowest BCUT2D eigenvalue weighted by Crippen LogP contribution is -2.36. The second-order valence-electron chi connectivity index (χ2n) is 2.89. The summed E-state index contributed by atoms with van der Waals surface area (Å²) in [6.45, 7) is 1.38. The fourth-order valence-electron chi connectivity index (χ4n) is 1.13. The lowest BCUT2D eigenvalue weighted by Gasteiger charge is -2.19. The highest BCUT2D eigenvalue weighted by Gasteiger charge is 2.62. The minimum atomic E-state index is -5.67. The van der Waals surface area contributed by atoms with Crippen molar-refractivity contribution < 1.29 is 22.0 Å². The van der Waals surface area contributed by atoms with Gasteiger partial charge in [-0.05, 0) is 6.92 Å². The fraction of sp³-hybridized carbons (Fsp3) is 0.714. The van der Waals surface area contributed by atoms with Gasteiger partial charge < -0.3 is 4.57 Å². The highest BCUT2D eigenvalue weighted by atomic mass is 79.9. The third-order valence-corrected chi connectivity index (χ3v) is 2.40. The molecule has 0 aliphatic rings. The van der Waals surface area contributed by atoms with E-state index in [0.717, 1.165) is 4.57 Å². The maximum Gasteiger partial charge on any atom is 0.461 e. The molecule has 0 saturated heterocycles. The molecule has 1 heterocycles. The Hall–Kier alpha value is -0.730. The third kappa shape index (κ3) is 2.04. The molecule has 1 aromatic heterocycles. The van der Waals surface area contributed by atoms with Crippen LogP contribution in [0.1, 0.15) is 18.6 Å². The van der Waals surface area contributed by atoms with Gasteiger partial charge in [0.05, 0.1) is 5.33 Å². The van der Waals surface area contributed by atoms with E-state index >= 15 is 0 Å². The van der Waals surface area contributed by atoms with Crippen LogP contribution in [0.4, 0.5) is 22.0 Å². The lowest BCUT2D eigenvalue weighted by atomic mass is 10.3. The number of hydrogen-bond donors (Lipinski definition) is 0. The van der Waals surface area contributed by atoms with Crippen LogP contribution in [-0.2, 0) is 17.8 Å². The molecule has 0 aromatic carbocycles. The Morgan fingerprint density at radius 3 is 2.12 bits per heavy atom. The summed E-state index contributed by atoms with van der Waals surface area (Å²) in [6.07, 6.45) is -5.67. The molecule has 92 valence electrons. The van der Waals surface area contributed by atoms with Gasteiger partial charge in [0.15, 0.2) is 0 Å². The molecule has 1 rings (SSSR count). The Bertz CT molecular complexity index is 373. The van der Waals surface area contributed by atoms with Crippen molar-refractivity contribution in [1.82, 2.24) is 14.8 Å². The van der Waals surface area contributed by atoms with Crippen LogP contribution < -0.4 is 0 Å².